The lowest BCUT2D eigenvalue weighted by molar-refractivity contribution is -0.123. The van der Waals surface area contributed by atoms with Crippen LogP contribution in [0.25, 0.3) is 0 Å². The van der Waals surface area contributed by atoms with E-state index < -0.39 is 12.1 Å². The van der Waals surface area contributed by atoms with Crippen LogP contribution in [0, 0.1) is 0 Å². The van der Waals surface area contributed by atoms with Crippen molar-refractivity contribution in [1.82, 2.24) is 5.32 Å². The number of aliphatic hydroxyl groups is 2. The van der Waals surface area contributed by atoms with Gasteiger partial charge in [-0.2, -0.15) is 0 Å². The van der Waals surface area contributed by atoms with Gasteiger partial charge in [0.25, 0.3) is 0 Å². The SMILES string of the molecule is CCCCCCC/C=C\C/C=C\C/C=C\CCCCCCCCCCCCCCC(=O)NC(CO)C(O)/C=C/CCCCCCCCCCCCCCCCCCCCCCCCCC. The number of rotatable bonds is 54. The van der Waals surface area contributed by atoms with Crippen LogP contribution in [-0.2, 0) is 4.79 Å². The van der Waals surface area contributed by atoms with Crippen molar-refractivity contribution in [1.29, 1.82) is 0 Å². The summed E-state index contributed by atoms with van der Waals surface area (Å²) in [5.74, 6) is -0.0628. The highest BCUT2D eigenvalue weighted by Crippen LogP contribution is 2.17. The molecule has 0 spiro atoms. The molecule has 4 nitrogen and oxygen atoms in total. The Morgan fingerprint density at radius 1 is 0.369 bits per heavy atom. The highest BCUT2D eigenvalue weighted by Gasteiger charge is 2.18. The summed E-state index contributed by atoms with van der Waals surface area (Å²) in [5.41, 5.74) is 0. The number of hydrogen-bond acceptors (Lipinski definition) is 3. The van der Waals surface area contributed by atoms with Crippen LogP contribution in [0.4, 0.5) is 0 Å². The van der Waals surface area contributed by atoms with Crippen LogP contribution in [0.2, 0.25) is 0 Å². The van der Waals surface area contributed by atoms with Crippen LogP contribution >= 0.6 is 0 Å². The molecule has 0 radical (unpaired) electrons. The monoisotopic (exact) mass is 910 g/mol. The molecular formula is C61H115NO3. The average molecular weight is 911 g/mol. The molecule has 3 N–H and O–H groups in total. The predicted octanol–water partition coefficient (Wildman–Crippen LogP) is 19.4. The fourth-order valence-corrected chi connectivity index (χ4v) is 9.07. The molecule has 0 aliphatic rings. The van der Waals surface area contributed by atoms with Gasteiger partial charge in [-0.25, -0.2) is 0 Å². The van der Waals surface area contributed by atoms with Gasteiger partial charge < -0.3 is 15.5 Å². The van der Waals surface area contributed by atoms with E-state index in [-0.39, 0.29) is 12.5 Å². The summed E-state index contributed by atoms with van der Waals surface area (Å²) in [6.07, 6.45) is 78.5. The second-order valence-electron chi connectivity index (χ2n) is 20.1. The minimum absolute atomic E-state index is 0.0628. The van der Waals surface area contributed by atoms with Crippen molar-refractivity contribution in [3.8, 4) is 0 Å². The van der Waals surface area contributed by atoms with Gasteiger partial charge in [0.05, 0.1) is 18.8 Å². The molecule has 2 atom stereocenters. The van der Waals surface area contributed by atoms with Crippen LogP contribution in [0.5, 0.6) is 0 Å². The lowest BCUT2D eigenvalue weighted by atomic mass is 10.0. The number of hydrogen-bond donors (Lipinski definition) is 3. The van der Waals surface area contributed by atoms with Gasteiger partial charge in [-0.1, -0.05) is 300 Å². The molecule has 1 amide bonds. The minimum atomic E-state index is -0.842. The fraction of sp³-hybridized carbons (Fsp3) is 0.852. The number of carbonyl (C=O) groups is 1. The molecule has 4 heteroatoms. The van der Waals surface area contributed by atoms with E-state index in [9.17, 15) is 15.0 Å². The first-order valence-corrected chi connectivity index (χ1v) is 29.4. The number of aliphatic hydroxyl groups excluding tert-OH is 2. The molecule has 0 bridgehead atoms. The Kier molecular flexibility index (Phi) is 55.2. The van der Waals surface area contributed by atoms with Gasteiger partial charge >= 0.3 is 0 Å². The quantitative estimate of drug-likeness (QED) is 0.0421. The van der Waals surface area contributed by atoms with Gasteiger partial charge in [-0.05, 0) is 57.8 Å². The van der Waals surface area contributed by atoms with Gasteiger partial charge in [-0.15, -0.1) is 0 Å². The first-order valence-electron chi connectivity index (χ1n) is 29.4. The maximum Gasteiger partial charge on any atom is 0.220 e. The maximum atomic E-state index is 12.5. The minimum Gasteiger partial charge on any atom is -0.394 e. The summed E-state index contributed by atoms with van der Waals surface area (Å²) >= 11 is 0. The Bertz CT molecular complexity index is 1030. The molecule has 0 saturated carbocycles. The molecule has 0 fully saturated rings. The van der Waals surface area contributed by atoms with Crippen LogP contribution in [0.1, 0.15) is 316 Å². The van der Waals surface area contributed by atoms with E-state index in [4.69, 9.17) is 0 Å². The lowest BCUT2D eigenvalue weighted by Crippen LogP contribution is -2.45. The highest BCUT2D eigenvalue weighted by molar-refractivity contribution is 5.76. The Labute approximate surface area is 407 Å². The zero-order valence-electron chi connectivity index (χ0n) is 44.0. The average Bonchev–Trinajstić information content (AvgIpc) is 3.31. The van der Waals surface area contributed by atoms with E-state index in [2.05, 4.69) is 55.6 Å². The van der Waals surface area contributed by atoms with Crippen molar-refractivity contribution >= 4 is 5.91 Å². The fourth-order valence-electron chi connectivity index (χ4n) is 9.07. The highest BCUT2D eigenvalue weighted by atomic mass is 16.3. The molecule has 0 rings (SSSR count). The smallest absolute Gasteiger partial charge is 0.220 e. The first-order chi connectivity index (χ1) is 32.2. The zero-order valence-corrected chi connectivity index (χ0v) is 44.0. The van der Waals surface area contributed by atoms with E-state index >= 15 is 0 Å². The van der Waals surface area contributed by atoms with Gasteiger partial charge in [-0.3, -0.25) is 4.79 Å². The third-order valence-electron chi connectivity index (χ3n) is 13.6. The third-order valence-corrected chi connectivity index (χ3v) is 13.6. The normalized spacial score (nSPS) is 13.1. The molecule has 2 unspecified atom stereocenters. The molecule has 65 heavy (non-hydrogen) atoms. The molecule has 0 aromatic rings. The summed E-state index contributed by atoms with van der Waals surface area (Å²) in [6.45, 7) is 4.33. The molecule has 0 aromatic heterocycles. The number of carbonyl (C=O) groups excluding carboxylic acids is 1. The van der Waals surface area contributed by atoms with Crippen molar-refractivity contribution in [2.75, 3.05) is 6.61 Å². The topological polar surface area (TPSA) is 69.6 Å². The Hall–Kier alpha value is -1.65. The van der Waals surface area contributed by atoms with E-state index in [0.29, 0.717) is 6.42 Å². The van der Waals surface area contributed by atoms with Crippen LogP contribution in [0.3, 0.4) is 0 Å². The summed E-state index contributed by atoms with van der Waals surface area (Å²) in [6, 6.07) is -0.625. The van der Waals surface area contributed by atoms with E-state index in [1.807, 2.05) is 6.08 Å². The molecule has 382 valence electrons. The van der Waals surface area contributed by atoms with Gasteiger partial charge in [0.2, 0.25) is 5.91 Å². The second kappa shape index (κ2) is 56.7. The number of amides is 1. The predicted molar refractivity (Wildman–Crippen MR) is 290 cm³/mol. The van der Waals surface area contributed by atoms with Crippen LogP contribution in [0.15, 0.2) is 48.6 Å². The Morgan fingerprint density at radius 2 is 0.631 bits per heavy atom. The van der Waals surface area contributed by atoms with Crippen molar-refractivity contribution in [3.63, 3.8) is 0 Å². The number of nitrogens with one attached hydrogen (secondary N) is 1. The van der Waals surface area contributed by atoms with Gasteiger partial charge in [0.1, 0.15) is 0 Å². The largest absolute Gasteiger partial charge is 0.394 e. The van der Waals surface area contributed by atoms with E-state index in [1.165, 1.54) is 257 Å². The summed E-state index contributed by atoms with van der Waals surface area (Å²) in [7, 11) is 0. The van der Waals surface area contributed by atoms with Crippen LogP contribution in [-0.4, -0.2) is 34.9 Å². The molecule has 0 aliphatic heterocycles. The maximum absolute atomic E-state index is 12.5. The molecule has 0 aromatic carbocycles. The summed E-state index contributed by atoms with van der Waals surface area (Å²) in [5, 5.41) is 23.2. The van der Waals surface area contributed by atoms with Gasteiger partial charge in [0.15, 0.2) is 0 Å². The van der Waals surface area contributed by atoms with Crippen LogP contribution < -0.4 is 5.32 Å². The standard InChI is InChI=1S/C61H115NO3/c1-3-5-7-9-11-13-15-17-19-21-23-25-27-29-31-33-35-37-39-41-43-45-47-49-51-53-55-57-61(65)62-59(58-63)60(64)56-54-52-50-48-46-44-42-40-38-36-34-32-30-28-26-24-22-20-18-16-14-12-10-8-6-4-2/h15,17,21,23,27,29,54,56,59-60,63-64H,3-14,16,18-20,22,24-26,28,30-53,55,57-58H2,1-2H3,(H,62,65)/b17-15-,23-21-,29-27-,56-54+. The summed E-state index contributed by atoms with van der Waals surface area (Å²) in [4.78, 5) is 12.5. The zero-order chi connectivity index (χ0) is 47.0. The van der Waals surface area contributed by atoms with Crippen molar-refractivity contribution in [2.45, 2.75) is 328 Å². The molecule has 0 aliphatic carbocycles. The van der Waals surface area contributed by atoms with E-state index in [0.717, 1.165) is 38.5 Å². The Morgan fingerprint density at radius 3 is 0.938 bits per heavy atom. The second-order valence-corrected chi connectivity index (χ2v) is 20.1. The summed E-state index contributed by atoms with van der Waals surface area (Å²) < 4.78 is 0. The van der Waals surface area contributed by atoms with Crippen molar-refractivity contribution in [3.05, 3.63) is 48.6 Å². The van der Waals surface area contributed by atoms with E-state index in [1.54, 1.807) is 6.08 Å². The lowest BCUT2D eigenvalue weighted by Gasteiger charge is -2.20. The number of allylic oxidation sites excluding steroid dienone is 7. The number of unbranched alkanes of at least 4 members (excludes halogenated alkanes) is 41. The van der Waals surface area contributed by atoms with Gasteiger partial charge in [0, 0.05) is 6.42 Å². The first kappa shape index (κ1) is 63.4. The molecule has 0 heterocycles. The Balaban J connectivity index is 3.49. The van der Waals surface area contributed by atoms with Crippen molar-refractivity contribution < 1.29 is 15.0 Å². The molecule has 0 saturated heterocycles. The third kappa shape index (κ3) is 53.2. The molecular weight excluding hydrogens is 795 g/mol. The van der Waals surface area contributed by atoms with Crippen molar-refractivity contribution in [2.24, 2.45) is 0 Å².